The molecule has 104 valence electrons. The molecule has 0 heterocycles. The number of hydrogen-bond donors (Lipinski definition) is 1. The van der Waals surface area contributed by atoms with Crippen LogP contribution in [-0.4, -0.2) is 5.11 Å². The van der Waals surface area contributed by atoms with E-state index >= 15 is 0 Å². The third-order valence-electron chi connectivity index (χ3n) is 4.41. The molecule has 1 atom stereocenters. The number of aryl methyl sites for hydroxylation is 2. The predicted octanol–water partition coefficient (Wildman–Crippen LogP) is 4.62. The zero-order valence-corrected chi connectivity index (χ0v) is 12.1. The Labute approximate surface area is 121 Å². The SMILES string of the molecule is CCCc1ccc(C2CCc3cc(O)ccc3C2)cc1. The molecule has 1 heteroatoms. The van der Waals surface area contributed by atoms with Crippen LogP contribution in [0.4, 0.5) is 0 Å². The standard InChI is InChI=1S/C19H22O/c1-2-3-14-4-6-15(7-5-14)16-8-9-18-13-19(20)11-10-17(18)12-16/h4-7,10-11,13,16,20H,2-3,8-9,12H2,1H3. The third kappa shape index (κ3) is 2.72. The van der Waals surface area contributed by atoms with Crippen molar-refractivity contribution < 1.29 is 5.11 Å². The quantitative estimate of drug-likeness (QED) is 0.859. The first-order chi connectivity index (χ1) is 9.76. The van der Waals surface area contributed by atoms with Crippen molar-refractivity contribution in [1.29, 1.82) is 0 Å². The highest BCUT2D eigenvalue weighted by Gasteiger charge is 2.20. The van der Waals surface area contributed by atoms with Crippen molar-refractivity contribution in [3.05, 3.63) is 64.7 Å². The van der Waals surface area contributed by atoms with E-state index in [9.17, 15) is 5.11 Å². The van der Waals surface area contributed by atoms with Gasteiger partial charge in [-0.3, -0.25) is 0 Å². The summed E-state index contributed by atoms with van der Waals surface area (Å²) in [5.74, 6) is 1.02. The number of fused-ring (bicyclic) bond motifs is 1. The number of rotatable bonds is 3. The lowest BCUT2D eigenvalue weighted by molar-refractivity contribution is 0.472. The Morgan fingerprint density at radius 2 is 1.85 bits per heavy atom. The first-order valence-corrected chi connectivity index (χ1v) is 7.66. The van der Waals surface area contributed by atoms with Gasteiger partial charge in [-0.05, 0) is 66.0 Å². The van der Waals surface area contributed by atoms with Crippen LogP contribution in [0, 0.1) is 0 Å². The van der Waals surface area contributed by atoms with E-state index in [0.29, 0.717) is 11.7 Å². The molecule has 0 spiro atoms. The van der Waals surface area contributed by atoms with Crippen LogP contribution >= 0.6 is 0 Å². The van der Waals surface area contributed by atoms with Crippen LogP contribution in [0.5, 0.6) is 5.75 Å². The molecule has 0 bridgehead atoms. The van der Waals surface area contributed by atoms with Gasteiger partial charge in [-0.1, -0.05) is 43.7 Å². The highest BCUT2D eigenvalue weighted by Crippen LogP contribution is 2.34. The van der Waals surface area contributed by atoms with Gasteiger partial charge in [-0.25, -0.2) is 0 Å². The molecule has 0 fully saturated rings. The van der Waals surface area contributed by atoms with Gasteiger partial charge in [0, 0.05) is 0 Å². The zero-order valence-electron chi connectivity index (χ0n) is 12.1. The highest BCUT2D eigenvalue weighted by atomic mass is 16.3. The minimum atomic E-state index is 0.395. The fourth-order valence-electron chi connectivity index (χ4n) is 3.27. The van der Waals surface area contributed by atoms with Gasteiger partial charge in [0.25, 0.3) is 0 Å². The Hall–Kier alpha value is -1.76. The van der Waals surface area contributed by atoms with E-state index in [1.165, 1.54) is 41.5 Å². The van der Waals surface area contributed by atoms with Crippen molar-refractivity contribution in [1.82, 2.24) is 0 Å². The molecule has 0 amide bonds. The van der Waals surface area contributed by atoms with E-state index in [0.717, 1.165) is 12.8 Å². The lowest BCUT2D eigenvalue weighted by Gasteiger charge is -2.25. The van der Waals surface area contributed by atoms with E-state index < -0.39 is 0 Å². The second-order valence-electron chi connectivity index (χ2n) is 5.88. The summed E-state index contributed by atoms with van der Waals surface area (Å²) in [7, 11) is 0. The number of phenolic OH excluding ortho intramolecular Hbond substituents is 1. The van der Waals surface area contributed by atoms with Crippen LogP contribution in [0.25, 0.3) is 0 Å². The predicted molar refractivity (Wildman–Crippen MR) is 83.3 cm³/mol. The number of phenols is 1. The summed E-state index contributed by atoms with van der Waals surface area (Å²) in [5.41, 5.74) is 5.63. The van der Waals surface area contributed by atoms with Crippen LogP contribution < -0.4 is 0 Å². The van der Waals surface area contributed by atoms with Crippen LogP contribution in [0.2, 0.25) is 0 Å². The van der Waals surface area contributed by atoms with E-state index in [4.69, 9.17) is 0 Å². The smallest absolute Gasteiger partial charge is 0.115 e. The number of aromatic hydroxyl groups is 1. The molecule has 0 saturated heterocycles. The maximum atomic E-state index is 9.55. The fourth-order valence-corrected chi connectivity index (χ4v) is 3.27. The fraction of sp³-hybridized carbons (Fsp3) is 0.368. The average Bonchev–Trinajstić information content (AvgIpc) is 2.48. The molecule has 0 aliphatic heterocycles. The van der Waals surface area contributed by atoms with Gasteiger partial charge < -0.3 is 5.11 Å². The van der Waals surface area contributed by atoms with Crippen molar-refractivity contribution in [3.63, 3.8) is 0 Å². The summed E-state index contributed by atoms with van der Waals surface area (Å²) in [6.07, 6.45) is 5.74. The molecule has 0 aromatic heterocycles. The second kappa shape index (κ2) is 5.70. The molecule has 3 rings (SSSR count). The number of hydrogen-bond acceptors (Lipinski definition) is 1. The Morgan fingerprint density at radius 3 is 2.60 bits per heavy atom. The van der Waals surface area contributed by atoms with Crippen LogP contribution in [0.15, 0.2) is 42.5 Å². The molecule has 1 nitrogen and oxygen atoms in total. The molecule has 2 aromatic carbocycles. The molecule has 1 unspecified atom stereocenters. The summed E-state index contributed by atoms with van der Waals surface area (Å²) in [6.45, 7) is 2.22. The van der Waals surface area contributed by atoms with E-state index in [-0.39, 0.29) is 0 Å². The van der Waals surface area contributed by atoms with E-state index in [1.54, 1.807) is 0 Å². The lowest BCUT2D eigenvalue weighted by Crippen LogP contribution is -2.12. The molecule has 2 aromatic rings. The molecule has 20 heavy (non-hydrogen) atoms. The summed E-state index contributed by atoms with van der Waals surface area (Å²) in [4.78, 5) is 0. The Morgan fingerprint density at radius 1 is 1.05 bits per heavy atom. The minimum absolute atomic E-state index is 0.395. The van der Waals surface area contributed by atoms with Gasteiger partial charge in [-0.2, -0.15) is 0 Å². The van der Waals surface area contributed by atoms with E-state index in [1.807, 2.05) is 12.1 Å². The van der Waals surface area contributed by atoms with Gasteiger partial charge in [0.05, 0.1) is 0 Å². The van der Waals surface area contributed by atoms with Gasteiger partial charge in [0.2, 0.25) is 0 Å². The van der Waals surface area contributed by atoms with Gasteiger partial charge in [-0.15, -0.1) is 0 Å². The first kappa shape index (κ1) is 13.2. The largest absolute Gasteiger partial charge is 0.508 e. The third-order valence-corrected chi connectivity index (χ3v) is 4.41. The normalized spacial score (nSPS) is 17.8. The molecule has 1 N–H and O–H groups in total. The van der Waals surface area contributed by atoms with Crippen LogP contribution in [0.1, 0.15) is 47.9 Å². The molecule has 1 aliphatic rings. The summed E-state index contributed by atoms with van der Waals surface area (Å²) in [6, 6.07) is 15.0. The van der Waals surface area contributed by atoms with Gasteiger partial charge in [0.15, 0.2) is 0 Å². The molecule has 0 radical (unpaired) electrons. The Balaban J connectivity index is 1.77. The van der Waals surface area contributed by atoms with Crippen LogP contribution in [0.3, 0.4) is 0 Å². The minimum Gasteiger partial charge on any atom is -0.508 e. The van der Waals surface area contributed by atoms with Gasteiger partial charge in [0.1, 0.15) is 5.75 Å². The maximum Gasteiger partial charge on any atom is 0.115 e. The van der Waals surface area contributed by atoms with Crippen molar-refractivity contribution in [2.75, 3.05) is 0 Å². The summed E-state index contributed by atoms with van der Waals surface area (Å²) >= 11 is 0. The summed E-state index contributed by atoms with van der Waals surface area (Å²) in [5, 5.41) is 9.55. The topological polar surface area (TPSA) is 20.2 Å². The molecular weight excluding hydrogens is 244 g/mol. The summed E-state index contributed by atoms with van der Waals surface area (Å²) < 4.78 is 0. The maximum absolute atomic E-state index is 9.55. The van der Waals surface area contributed by atoms with Gasteiger partial charge >= 0.3 is 0 Å². The molecule has 1 aliphatic carbocycles. The van der Waals surface area contributed by atoms with Crippen LogP contribution in [-0.2, 0) is 19.3 Å². The monoisotopic (exact) mass is 266 g/mol. The van der Waals surface area contributed by atoms with Crippen molar-refractivity contribution in [3.8, 4) is 5.75 Å². The van der Waals surface area contributed by atoms with Crippen molar-refractivity contribution in [2.24, 2.45) is 0 Å². The number of benzene rings is 2. The zero-order chi connectivity index (χ0) is 13.9. The second-order valence-corrected chi connectivity index (χ2v) is 5.88. The van der Waals surface area contributed by atoms with E-state index in [2.05, 4.69) is 37.3 Å². The Bertz CT molecular complexity index is 583. The van der Waals surface area contributed by atoms with Crippen molar-refractivity contribution >= 4 is 0 Å². The first-order valence-electron chi connectivity index (χ1n) is 7.66. The van der Waals surface area contributed by atoms with Crippen molar-refractivity contribution in [2.45, 2.75) is 44.9 Å². The average molecular weight is 266 g/mol. The highest BCUT2D eigenvalue weighted by molar-refractivity contribution is 5.39. The molecule has 0 saturated carbocycles. The molecular formula is C19H22O. The Kier molecular flexibility index (Phi) is 3.77. The lowest BCUT2D eigenvalue weighted by atomic mass is 9.80.